The Labute approximate surface area is 127 Å². The molecule has 0 aliphatic carbocycles. The molecule has 0 aliphatic rings. The predicted molar refractivity (Wildman–Crippen MR) is 85.5 cm³/mol. The van der Waals surface area contributed by atoms with Gasteiger partial charge in [-0.3, -0.25) is 4.79 Å². The van der Waals surface area contributed by atoms with Crippen molar-refractivity contribution in [2.45, 2.75) is 13.5 Å². The van der Waals surface area contributed by atoms with Crippen molar-refractivity contribution in [3.05, 3.63) is 53.9 Å². The zero-order valence-electron chi connectivity index (χ0n) is 11.8. The molecule has 2 heterocycles. The van der Waals surface area contributed by atoms with Crippen molar-refractivity contribution in [3.8, 4) is 0 Å². The van der Waals surface area contributed by atoms with Crippen LogP contribution in [0, 0.1) is 5.92 Å². The predicted octanol–water partition coefficient (Wildman–Crippen LogP) is 3.16. The summed E-state index contributed by atoms with van der Waals surface area (Å²) in [6.07, 6.45) is 5.50. The summed E-state index contributed by atoms with van der Waals surface area (Å²) in [5.41, 5.74) is 0. The molecule has 0 radical (unpaired) electrons. The van der Waals surface area contributed by atoms with E-state index >= 15 is 0 Å². The molecular weight excluding hydrogens is 282 g/mol. The molecule has 0 aliphatic heterocycles. The second-order valence-electron chi connectivity index (χ2n) is 5.22. The van der Waals surface area contributed by atoms with Gasteiger partial charge >= 0.3 is 0 Å². The Hall–Kier alpha value is -2.14. The van der Waals surface area contributed by atoms with E-state index in [0.717, 1.165) is 21.5 Å². The number of thiophene rings is 1. The van der Waals surface area contributed by atoms with Gasteiger partial charge in [-0.1, -0.05) is 25.1 Å². The molecule has 1 atom stereocenters. The van der Waals surface area contributed by atoms with E-state index in [1.165, 1.54) is 11.3 Å². The Morgan fingerprint density at radius 2 is 2.29 bits per heavy atom. The standard InChI is InChI=1S/C16H17N3OS/c1-12(10-19-7-6-17-11-19)9-18-16(20)15-8-13-4-2-3-5-14(13)21-15/h2-8,11-12H,9-10H2,1H3,(H,18,20)/t12-/m0/s1. The van der Waals surface area contributed by atoms with Gasteiger partial charge in [0.1, 0.15) is 0 Å². The van der Waals surface area contributed by atoms with Gasteiger partial charge in [-0.15, -0.1) is 11.3 Å². The van der Waals surface area contributed by atoms with Gasteiger partial charge in [0.15, 0.2) is 0 Å². The number of hydrogen-bond donors (Lipinski definition) is 1. The summed E-state index contributed by atoms with van der Waals surface area (Å²) in [4.78, 5) is 17.0. The molecule has 0 fully saturated rings. The van der Waals surface area contributed by atoms with Crippen LogP contribution in [0.1, 0.15) is 16.6 Å². The van der Waals surface area contributed by atoms with Gasteiger partial charge in [-0.25, -0.2) is 4.98 Å². The molecular formula is C16H17N3OS. The number of imidazole rings is 1. The molecule has 1 N–H and O–H groups in total. The van der Waals surface area contributed by atoms with Crippen LogP contribution < -0.4 is 5.32 Å². The fourth-order valence-corrected chi connectivity index (χ4v) is 3.25. The van der Waals surface area contributed by atoms with E-state index in [4.69, 9.17) is 0 Å². The summed E-state index contributed by atoms with van der Waals surface area (Å²) in [6.45, 7) is 3.63. The highest BCUT2D eigenvalue weighted by molar-refractivity contribution is 7.20. The van der Waals surface area contributed by atoms with Crippen LogP contribution in [-0.4, -0.2) is 22.0 Å². The van der Waals surface area contributed by atoms with Crippen LogP contribution in [0.4, 0.5) is 0 Å². The minimum atomic E-state index is 0.00804. The van der Waals surface area contributed by atoms with Gasteiger partial charge in [0.2, 0.25) is 0 Å². The smallest absolute Gasteiger partial charge is 0.261 e. The maximum Gasteiger partial charge on any atom is 0.261 e. The first-order valence-electron chi connectivity index (χ1n) is 6.95. The lowest BCUT2D eigenvalue weighted by Gasteiger charge is -2.12. The van der Waals surface area contributed by atoms with Gasteiger partial charge in [-0.05, 0) is 23.4 Å². The Balaban J connectivity index is 1.58. The number of nitrogens with one attached hydrogen (secondary N) is 1. The Bertz CT molecular complexity index is 700. The maximum absolute atomic E-state index is 12.2. The highest BCUT2D eigenvalue weighted by Gasteiger charge is 2.11. The molecule has 1 amide bonds. The second-order valence-corrected chi connectivity index (χ2v) is 6.31. The first-order valence-corrected chi connectivity index (χ1v) is 7.76. The molecule has 0 saturated carbocycles. The lowest BCUT2D eigenvalue weighted by Crippen LogP contribution is -2.29. The number of carbonyl (C=O) groups excluding carboxylic acids is 1. The number of carbonyl (C=O) groups is 1. The summed E-state index contributed by atoms with van der Waals surface area (Å²) in [7, 11) is 0. The van der Waals surface area contributed by atoms with E-state index in [-0.39, 0.29) is 5.91 Å². The van der Waals surface area contributed by atoms with E-state index in [0.29, 0.717) is 12.5 Å². The number of aromatic nitrogens is 2. The normalized spacial score (nSPS) is 12.4. The third kappa shape index (κ3) is 3.31. The largest absolute Gasteiger partial charge is 0.351 e. The number of benzene rings is 1. The van der Waals surface area contributed by atoms with Crippen molar-refractivity contribution < 1.29 is 4.79 Å². The van der Waals surface area contributed by atoms with E-state index in [1.807, 2.05) is 41.1 Å². The van der Waals surface area contributed by atoms with Crippen molar-refractivity contribution in [1.29, 1.82) is 0 Å². The number of fused-ring (bicyclic) bond motifs is 1. The lowest BCUT2D eigenvalue weighted by atomic mass is 10.2. The number of amides is 1. The topological polar surface area (TPSA) is 46.9 Å². The maximum atomic E-state index is 12.2. The Kier molecular flexibility index (Phi) is 4.01. The van der Waals surface area contributed by atoms with Crippen molar-refractivity contribution in [2.75, 3.05) is 6.54 Å². The molecule has 2 aromatic heterocycles. The minimum Gasteiger partial charge on any atom is -0.351 e. The quantitative estimate of drug-likeness (QED) is 0.786. The summed E-state index contributed by atoms with van der Waals surface area (Å²) < 4.78 is 3.17. The molecule has 0 spiro atoms. The van der Waals surface area contributed by atoms with Crippen LogP contribution >= 0.6 is 11.3 Å². The van der Waals surface area contributed by atoms with Crippen LogP contribution in [0.15, 0.2) is 49.1 Å². The first-order chi connectivity index (χ1) is 10.2. The molecule has 1 aromatic carbocycles. The lowest BCUT2D eigenvalue weighted by molar-refractivity contribution is 0.0951. The van der Waals surface area contributed by atoms with Crippen LogP contribution in [0.2, 0.25) is 0 Å². The monoisotopic (exact) mass is 299 g/mol. The first kappa shape index (κ1) is 13.8. The minimum absolute atomic E-state index is 0.00804. The number of rotatable bonds is 5. The van der Waals surface area contributed by atoms with Crippen LogP contribution in [0.5, 0.6) is 0 Å². The summed E-state index contributed by atoms with van der Waals surface area (Å²) in [6, 6.07) is 10.0. The fraction of sp³-hybridized carbons (Fsp3) is 0.250. The van der Waals surface area contributed by atoms with Gasteiger partial charge in [0, 0.05) is 30.2 Å². The number of hydrogen-bond acceptors (Lipinski definition) is 3. The molecule has 3 aromatic rings. The zero-order valence-corrected chi connectivity index (χ0v) is 12.6. The Morgan fingerprint density at radius 3 is 3.05 bits per heavy atom. The number of nitrogens with zero attached hydrogens (tertiary/aromatic N) is 2. The average Bonchev–Trinajstić information content (AvgIpc) is 3.13. The SMILES string of the molecule is C[C@@H](CNC(=O)c1cc2ccccc2s1)Cn1ccnc1. The molecule has 5 heteroatoms. The van der Waals surface area contributed by atoms with Gasteiger partial charge in [-0.2, -0.15) is 0 Å². The molecule has 0 saturated heterocycles. The van der Waals surface area contributed by atoms with Crippen molar-refractivity contribution in [3.63, 3.8) is 0 Å². The third-order valence-electron chi connectivity index (χ3n) is 3.34. The highest BCUT2D eigenvalue weighted by atomic mass is 32.1. The highest BCUT2D eigenvalue weighted by Crippen LogP contribution is 2.25. The summed E-state index contributed by atoms with van der Waals surface area (Å²) in [5, 5.41) is 4.13. The van der Waals surface area contributed by atoms with Gasteiger partial charge in [0.25, 0.3) is 5.91 Å². The van der Waals surface area contributed by atoms with Crippen LogP contribution in [0.3, 0.4) is 0 Å². The van der Waals surface area contributed by atoms with Crippen LogP contribution in [-0.2, 0) is 6.54 Å². The molecule has 0 unspecified atom stereocenters. The Morgan fingerprint density at radius 1 is 1.43 bits per heavy atom. The van der Waals surface area contributed by atoms with E-state index in [2.05, 4.69) is 17.2 Å². The summed E-state index contributed by atoms with van der Waals surface area (Å²) >= 11 is 1.54. The zero-order chi connectivity index (χ0) is 14.7. The van der Waals surface area contributed by atoms with Crippen LogP contribution in [0.25, 0.3) is 10.1 Å². The third-order valence-corrected chi connectivity index (χ3v) is 4.46. The summed E-state index contributed by atoms with van der Waals surface area (Å²) in [5.74, 6) is 0.367. The van der Waals surface area contributed by atoms with Gasteiger partial charge in [0.05, 0.1) is 11.2 Å². The molecule has 0 bridgehead atoms. The van der Waals surface area contributed by atoms with E-state index < -0.39 is 0 Å². The van der Waals surface area contributed by atoms with Crippen molar-refractivity contribution in [2.24, 2.45) is 5.92 Å². The van der Waals surface area contributed by atoms with Gasteiger partial charge < -0.3 is 9.88 Å². The average molecular weight is 299 g/mol. The van der Waals surface area contributed by atoms with Crippen molar-refractivity contribution in [1.82, 2.24) is 14.9 Å². The molecule has 4 nitrogen and oxygen atoms in total. The van der Waals surface area contributed by atoms with Crippen molar-refractivity contribution >= 4 is 27.3 Å². The van der Waals surface area contributed by atoms with E-state index in [9.17, 15) is 4.79 Å². The molecule has 108 valence electrons. The van der Waals surface area contributed by atoms with E-state index in [1.54, 1.807) is 12.5 Å². The molecule has 3 rings (SSSR count). The fourth-order valence-electron chi connectivity index (χ4n) is 2.27. The molecule has 21 heavy (non-hydrogen) atoms. The second kappa shape index (κ2) is 6.10.